The van der Waals surface area contributed by atoms with Crippen molar-refractivity contribution in [3.05, 3.63) is 28.8 Å². The zero-order valence-electron chi connectivity index (χ0n) is 10.1. The van der Waals surface area contributed by atoms with Crippen LogP contribution in [0.4, 0.5) is 0 Å². The Balaban J connectivity index is 1.68. The second-order valence-electron chi connectivity index (χ2n) is 4.90. The molecule has 2 N–H and O–H groups in total. The number of rotatable bonds is 5. The highest BCUT2D eigenvalue weighted by atomic mass is 35.5. The molecule has 1 aromatic rings. The lowest BCUT2D eigenvalue weighted by atomic mass is 10.0. The molecule has 1 aliphatic rings. The van der Waals surface area contributed by atoms with Gasteiger partial charge < -0.3 is 10.4 Å². The van der Waals surface area contributed by atoms with E-state index < -0.39 is 0 Å². The molecule has 1 saturated carbocycles. The van der Waals surface area contributed by atoms with Gasteiger partial charge in [-0.1, -0.05) is 43.4 Å². The molecule has 0 spiro atoms. The molecule has 2 rings (SSSR count). The summed E-state index contributed by atoms with van der Waals surface area (Å²) in [7, 11) is 0. The predicted octanol–water partition coefficient (Wildman–Crippen LogP) is 3.72. The van der Waals surface area contributed by atoms with Gasteiger partial charge in [0.15, 0.2) is 0 Å². The van der Waals surface area contributed by atoms with Crippen LogP contribution in [0.5, 0.6) is 5.75 Å². The van der Waals surface area contributed by atoms with Crippen molar-refractivity contribution in [2.75, 3.05) is 6.54 Å². The molecule has 0 heterocycles. The molecule has 0 amide bonds. The van der Waals surface area contributed by atoms with E-state index in [2.05, 4.69) is 5.32 Å². The number of hydrogen-bond donors (Lipinski definition) is 2. The molecule has 2 nitrogen and oxygen atoms in total. The molecule has 3 heteroatoms. The van der Waals surface area contributed by atoms with Gasteiger partial charge in [0.05, 0.1) is 5.02 Å². The summed E-state index contributed by atoms with van der Waals surface area (Å²) >= 11 is 5.85. The molecule has 0 saturated heterocycles. The van der Waals surface area contributed by atoms with Gasteiger partial charge in [0.1, 0.15) is 5.75 Å². The van der Waals surface area contributed by atoms with Crippen LogP contribution in [0.25, 0.3) is 0 Å². The van der Waals surface area contributed by atoms with E-state index in [4.69, 9.17) is 11.6 Å². The van der Waals surface area contributed by atoms with E-state index in [9.17, 15) is 5.11 Å². The van der Waals surface area contributed by atoms with E-state index in [-0.39, 0.29) is 5.75 Å². The molecule has 0 bridgehead atoms. The van der Waals surface area contributed by atoms with Gasteiger partial charge in [-0.05, 0) is 36.6 Å². The molecule has 94 valence electrons. The number of phenolic OH excluding ortho intramolecular Hbond substituents is 1. The maximum Gasteiger partial charge on any atom is 0.134 e. The smallest absolute Gasteiger partial charge is 0.134 e. The number of hydrogen-bond acceptors (Lipinski definition) is 2. The first-order valence-electron chi connectivity index (χ1n) is 6.44. The minimum absolute atomic E-state index is 0.154. The van der Waals surface area contributed by atoms with Crippen LogP contribution in [0.1, 0.15) is 37.7 Å². The third kappa shape index (κ3) is 3.90. The SMILES string of the molecule is Oc1ccc(CNCCC2CCCC2)cc1Cl. The molecule has 0 radical (unpaired) electrons. The summed E-state index contributed by atoms with van der Waals surface area (Å²) in [6, 6.07) is 5.37. The maximum absolute atomic E-state index is 9.31. The lowest BCUT2D eigenvalue weighted by molar-refractivity contribution is 0.473. The largest absolute Gasteiger partial charge is 0.506 e. The zero-order valence-corrected chi connectivity index (χ0v) is 10.8. The molecule has 17 heavy (non-hydrogen) atoms. The van der Waals surface area contributed by atoms with Gasteiger partial charge >= 0.3 is 0 Å². The second-order valence-corrected chi connectivity index (χ2v) is 5.31. The summed E-state index contributed by atoms with van der Waals surface area (Å²) < 4.78 is 0. The van der Waals surface area contributed by atoms with Gasteiger partial charge in [-0.2, -0.15) is 0 Å². The van der Waals surface area contributed by atoms with Crippen molar-refractivity contribution in [1.29, 1.82) is 0 Å². The van der Waals surface area contributed by atoms with Gasteiger partial charge in [-0.25, -0.2) is 0 Å². The van der Waals surface area contributed by atoms with E-state index >= 15 is 0 Å². The third-order valence-corrected chi connectivity index (χ3v) is 3.85. The number of nitrogens with one attached hydrogen (secondary N) is 1. The first-order chi connectivity index (χ1) is 8.25. The molecular formula is C14H20ClNO. The van der Waals surface area contributed by atoms with Crippen LogP contribution in [-0.2, 0) is 6.54 Å². The van der Waals surface area contributed by atoms with Crippen LogP contribution in [0.3, 0.4) is 0 Å². The van der Waals surface area contributed by atoms with Gasteiger partial charge in [0.2, 0.25) is 0 Å². The van der Waals surface area contributed by atoms with Crippen LogP contribution in [-0.4, -0.2) is 11.7 Å². The van der Waals surface area contributed by atoms with Crippen LogP contribution in [0.15, 0.2) is 18.2 Å². The Labute approximate surface area is 108 Å². The van der Waals surface area contributed by atoms with Gasteiger partial charge in [-0.15, -0.1) is 0 Å². The summed E-state index contributed by atoms with van der Waals surface area (Å²) in [5, 5.41) is 13.2. The van der Waals surface area contributed by atoms with Gasteiger partial charge in [0.25, 0.3) is 0 Å². The van der Waals surface area contributed by atoms with Crippen molar-refractivity contribution in [3.8, 4) is 5.75 Å². The Hall–Kier alpha value is -0.730. The van der Waals surface area contributed by atoms with Crippen molar-refractivity contribution >= 4 is 11.6 Å². The van der Waals surface area contributed by atoms with Crippen molar-refractivity contribution in [3.63, 3.8) is 0 Å². The highest BCUT2D eigenvalue weighted by Gasteiger charge is 2.13. The quantitative estimate of drug-likeness (QED) is 0.784. The number of aromatic hydroxyl groups is 1. The van der Waals surface area contributed by atoms with Crippen molar-refractivity contribution < 1.29 is 5.11 Å². The monoisotopic (exact) mass is 253 g/mol. The topological polar surface area (TPSA) is 32.3 Å². The zero-order chi connectivity index (χ0) is 12.1. The fourth-order valence-corrected chi connectivity index (χ4v) is 2.70. The van der Waals surface area contributed by atoms with Gasteiger partial charge in [0, 0.05) is 6.54 Å². The van der Waals surface area contributed by atoms with Crippen LogP contribution < -0.4 is 5.32 Å². The average molecular weight is 254 g/mol. The highest BCUT2D eigenvalue weighted by molar-refractivity contribution is 6.32. The van der Waals surface area contributed by atoms with Crippen LogP contribution >= 0.6 is 11.6 Å². The minimum Gasteiger partial charge on any atom is -0.506 e. The molecule has 1 fully saturated rings. The standard InChI is InChI=1S/C14H20ClNO/c15-13-9-12(5-6-14(13)17)10-16-8-7-11-3-1-2-4-11/h5-6,9,11,16-17H,1-4,7-8,10H2. The average Bonchev–Trinajstić information content (AvgIpc) is 2.82. The predicted molar refractivity (Wildman–Crippen MR) is 71.4 cm³/mol. The molecule has 0 atom stereocenters. The van der Waals surface area contributed by atoms with Gasteiger partial charge in [-0.3, -0.25) is 0 Å². The van der Waals surface area contributed by atoms with Crippen molar-refractivity contribution in [2.45, 2.75) is 38.6 Å². The minimum atomic E-state index is 0.154. The fraction of sp³-hybridized carbons (Fsp3) is 0.571. The first kappa shape index (κ1) is 12.7. The summed E-state index contributed by atoms with van der Waals surface area (Å²) in [6.45, 7) is 1.90. The first-order valence-corrected chi connectivity index (χ1v) is 6.81. The summed E-state index contributed by atoms with van der Waals surface area (Å²) in [5.74, 6) is 1.09. The highest BCUT2D eigenvalue weighted by Crippen LogP contribution is 2.27. The van der Waals surface area contributed by atoms with Crippen LogP contribution in [0.2, 0.25) is 5.02 Å². The number of benzene rings is 1. The Bertz CT molecular complexity index is 361. The summed E-state index contributed by atoms with van der Waals surface area (Å²) in [5.41, 5.74) is 1.12. The second kappa shape index (κ2) is 6.27. The van der Waals surface area contributed by atoms with E-state index in [0.29, 0.717) is 5.02 Å². The Morgan fingerprint density at radius 2 is 2.06 bits per heavy atom. The molecule has 0 unspecified atom stereocenters. The number of halogens is 1. The van der Waals surface area contributed by atoms with E-state index in [1.54, 1.807) is 6.07 Å². The number of phenols is 1. The van der Waals surface area contributed by atoms with E-state index in [1.165, 1.54) is 32.1 Å². The summed E-state index contributed by atoms with van der Waals surface area (Å²) in [4.78, 5) is 0. The lowest BCUT2D eigenvalue weighted by Crippen LogP contribution is -2.16. The maximum atomic E-state index is 9.31. The fourth-order valence-electron chi connectivity index (χ4n) is 2.50. The molecule has 0 aromatic heterocycles. The Morgan fingerprint density at radius 3 is 2.76 bits per heavy atom. The molecule has 1 aliphatic carbocycles. The molecule has 1 aromatic carbocycles. The Kier molecular flexibility index (Phi) is 4.69. The Morgan fingerprint density at radius 1 is 1.29 bits per heavy atom. The summed E-state index contributed by atoms with van der Waals surface area (Å²) in [6.07, 6.45) is 6.93. The van der Waals surface area contributed by atoms with E-state index in [1.807, 2.05) is 12.1 Å². The molecular weight excluding hydrogens is 234 g/mol. The molecule has 0 aliphatic heterocycles. The normalized spacial score (nSPS) is 16.5. The van der Waals surface area contributed by atoms with Crippen LogP contribution in [0, 0.1) is 5.92 Å². The third-order valence-electron chi connectivity index (χ3n) is 3.55. The van der Waals surface area contributed by atoms with Crippen molar-refractivity contribution in [1.82, 2.24) is 5.32 Å². The van der Waals surface area contributed by atoms with E-state index in [0.717, 1.165) is 24.6 Å². The lowest BCUT2D eigenvalue weighted by Gasteiger charge is -2.10. The van der Waals surface area contributed by atoms with Crippen molar-refractivity contribution in [2.24, 2.45) is 5.92 Å².